The highest BCUT2D eigenvalue weighted by Crippen LogP contribution is 2.11. The van der Waals surface area contributed by atoms with Gasteiger partial charge in [0, 0.05) is 25.0 Å². The molecule has 0 saturated heterocycles. The molecule has 2 N–H and O–H groups in total. The Morgan fingerprint density at radius 2 is 2.07 bits per heavy atom. The van der Waals surface area contributed by atoms with E-state index >= 15 is 0 Å². The molecule has 1 heterocycles. The second-order valence-electron chi connectivity index (χ2n) is 5.86. The zero-order chi connectivity index (χ0) is 18.8. The molecule has 2 aromatic rings. The van der Waals surface area contributed by atoms with Gasteiger partial charge in [-0.25, -0.2) is 4.39 Å². The molecule has 0 fully saturated rings. The summed E-state index contributed by atoms with van der Waals surface area (Å²) in [5.41, 5.74) is 0. The van der Waals surface area contributed by atoms with Gasteiger partial charge >= 0.3 is 0 Å². The maximum atomic E-state index is 12.9. The third-order valence-corrected chi connectivity index (χ3v) is 4.61. The minimum Gasteiger partial charge on any atom is -0.491 e. The highest BCUT2D eigenvalue weighted by Gasteiger charge is 2.09. The van der Waals surface area contributed by atoms with Gasteiger partial charge in [-0.3, -0.25) is 4.99 Å². The van der Waals surface area contributed by atoms with Crippen LogP contribution in [0.1, 0.15) is 11.8 Å². The number of aliphatic hydroxyl groups excluding tert-OH is 1. The van der Waals surface area contributed by atoms with E-state index in [1.165, 1.54) is 29.1 Å². The first kappa shape index (κ1) is 23.6. The molecule has 1 aromatic carbocycles. The highest BCUT2D eigenvalue weighted by atomic mass is 127. The average Bonchev–Trinajstić information content (AvgIpc) is 3.16. The van der Waals surface area contributed by atoms with Crippen molar-refractivity contribution in [3.8, 4) is 5.75 Å². The van der Waals surface area contributed by atoms with Gasteiger partial charge in [-0.1, -0.05) is 6.07 Å². The fraction of sp³-hybridized carbons (Fsp3) is 0.421. The van der Waals surface area contributed by atoms with Crippen molar-refractivity contribution in [2.45, 2.75) is 19.4 Å². The molecule has 0 radical (unpaired) electrons. The van der Waals surface area contributed by atoms with Crippen LogP contribution in [0.5, 0.6) is 5.75 Å². The molecular formula is C19H27FIN3O2S. The lowest BCUT2D eigenvalue weighted by Crippen LogP contribution is -2.40. The van der Waals surface area contributed by atoms with Gasteiger partial charge in [0.05, 0.1) is 6.54 Å². The smallest absolute Gasteiger partial charge is 0.193 e. The van der Waals surface area contributed by atoms with Gasteiger partial charge in [-0.05, 0) is 49.1 Å². The standard InChI is InChI=1S/C19H26FN3O2S.HI/c1-3-21-19(23(2)11-10-18-5-4-12-26-18)22-13-16(24)14-25-17-8-6-15(20)7-9-17;/h4-9,12,16,24H,3,10-11,13-14H2,1-2H3,(H,21,22);1H. The Labute approximate surface area is 181 Å². The number of thiophene rings is 1. The van der Waals surface area contributed by atoms with Crippen LogP contribution in [0.2, 0.25) is 0 Å². The van der Waals surface area contributed by atoms with E-state index in [0.29, 0.717) is 5.75 Å². The number of nitrogens with zero attached hydrogens (tertiary/aromatic N) is 2. The highest BCUT2D eigenvalue weighted by molar-refractivity contribution is 14.0. The zero-order valence-electron chi connectivity index (χ0n) is 15.6. The van der Waals surface area contributed by atoms with Crippen LogP contribution in [0.15, 0.2) is 46.8 Å². The van der Waals surface area contributed by atoms with Crippen molar-refractivity contribution in [1.29, 1.82) is 0 Å². The number of guanidine groups is 1. The topological polar surface area (TPSA) is 57.1 Å². The number of nitrogens with one attached hydrogen (secondary N) is 1. The molecule has 0 bridgehead atoms. The summed E-state index contributed by atoms with van der Waals surface area (Å²) in [6, 6.07) is 9.90. The molecule has 5 nitrogen and oxygen atoms in total. The van der Waals surface area contributed by atoms with E-state index in [9.17, 15) is 9.50 Å². The molecule has 1 unspecified atom stereocenters. The summed E-state index contributed by atoms with van der Waals surface area (Å²) in [6.45, 7) is 3.94. The van der Waals surface area contributed by atoms with Crippen molar-refractivity contribution in [2.75, 3.05) is 33.3 Å². The lowest BCUT2D eigenvalue weighted by Gasteiger charge is -2.22. The summed E-state index contributed by atoms with van der Waals surface area (Å²) < 4.78 is 18.3. The van der Waals surface area contributed by atoms with E-state index in [-0.39, 0.29) is 42.9 Å². The Bertz CT molecular complexity index is 668. The summed E-state index contributed by atoms with van der Waals surface area (Å²) in [4.78, 5) is 7.87. The molecule has 1 atom stereocenters. The Kier molecular flexibility index (Phi) is 11.3. The average molecular weight is 507 g/mol. The third-order valence-electron chi connectivity index (χ3n) is 3.68. The van der Waals surface area contributed by atoms with Crippen molar-refractivity contribution in [2.24, 2.45) is 4.99 Å². The normalized spacial score (nSPS) is 12.2. The van der Waals surface area contributed by atoms with Crippen LogP contribution in [0.3, 0.4) is 0 Å². The van der Waals surface area contributed by atoms with Crippen LogP contribution in [-0.4, -0.2) is 55.4 Å². The van der Waals surface area contributed by atoms with Gasteiger partial charge in [0.2, 0.25) is 0 Å². The minimum absolute atomic E-state index is 0. The fourth-order valence-electron chi connectivity index (χ4n) is 2.28. The van der Waals surface area contributed by atoms with Crippen molar-refractivity contribution < 1.29 is 14.2 Å². The van der Waals surface area contributed by atoms with E-state index in [1.54, 1.807) is 11.3 Å². The van der Waals surface area contributed by atoms with Crippen LogP contribution < -0.4 is 10.1 Å². The van der Waals surface area contributed by atoms with E-state index in [0.717, 1.165) is 25.5 Å². The maximum absolute atomic E-state index is 12.9. The predicted octanol–water partition coefficient (Wildman–Crippen LogP) is 3.38. The molecule has 0 aliphatic rings. The van der Waals surface area contributed by atoms with E-state index in [4.69, 9.17) is 4.74 Å². The predicted molar refractivity (Wildman–Crippen MR) is 120 cm³/mol. The monoisotopic (exact) mass is 507 g/mol. The van der Waals surface area contributed by atoms with E-state index in [1.807, 2.05) is 14.0 Å². The Hall–Kier alpha value is -1.39. The maximum Gasteiger partial charge on any atom is 0.193 e. The van der Waals surface area contributed by atoms with Crippen molar-refractivity contribution in [1.82, 2.24) is 10.2 Å². The van der Waals surface area contributed by atoms with Gasteiger partial charge in [-0.2, -0.15) is 0 Å². The molecule has 2 rings (SSSR count). The van der Waals surface area contributed by atoms with E-state index in [2.05, 4.69) is 32.7 Å². The molecule has 0 aliphatic carbocycles. The van der Waals surface area contributed by atoms with Crippen LogP contribution in [0, 0.1) is 5.82 Å². The Morgan fingerprint density at radius 3 is 2.70 bits per heavy atom. The summed E-state index contributed by atoms with van der Waals surface area (Å²) in [5.74, 6) is 0.961. The summed E-state index contributed by atoms with van der Waals surface area (Å²) in [6.07, 6.45) is 0.217. The lowest BCUT2D eigenvalue weighted by molar-refractivity contribution is 0.114. The number of halogens is 2. The summed E-state index contributed by atoms with van der Waals surface area (Å²) >= 11 is 1.75. The molecule has 0 spiro atoms. The molecule has 0 aliphatic heterocycles. The zero-order valence-corrected chi connectivity index (χ0v) is 18.7. The van der Waals surface area contributed by atoms with Gasteiger partial charge in [-0.15, -0.1) is 35.3 Å². The number of hydrogen-bond donors (Lipinski definition) is 2. The first-order valence-corrected chi connectivity index (χ1v) is 9.54. The fourth-order valence-corrected chi connectivity index (χ4v) is 2.97. The number of rotatable bonds is 9. The first-order chi connectivity index (χ1) is 12.6. The van der Waals surface area contributed by atoms with Crippen molar-refractivity contribution in [3.63, 3.8) is 0 Å². The van der Waals surface area contributed by atoms with Gasteiger partial charge in [0.15, 0.2) is 5.96 Å². The van der Waals surface area contributed by atoms with Gasteiger partial charge in [0.25, 0.3) is 0 Å². The Balaban J connectivity index is 0.00000364. The van der Waals surface area contributed by atoms with E-state index < -0.39 is 6.10 Å². The molecule has 0 saturated carbocycles. The first-order valence-electron chi connectivity index (χ1n) is 8.66. The van der Waals surface area contributed by atoms with Crippen LogP contribution in [0.25, 0.3) is 0 Å². The second kappa shape index (κ2) is 12.9. The quantitative estimate of drug-likeness (QED) is 0.311. The minimum atomic E-state index is -0.737. The van der Waals surface area contributed by atoms with Crippen LogP contribution in [0.4, 0.5) is 4.39 Å². The Morgan fingerprint density at radius 1 is 1.33 bits per heavy atom. The third kappa shape index (κ3) is 8.89. The number of aliphatic imine (C=N–C) groups is 1. The molecule has 8 heteroatoms. The van der Waals surface area contributed by atoms with Crippen molar-refractivity contribution in [3.05, 3.63) is 52.5 Å². The number of ether oxygens (including phenoxy) is 1. The number of aliphatic hydroxyl groups is 1. The largest absolute Gasteiger partial charge is 0.491 e. The van der Waals surface area contributed by atoms with Crippen LogP contribution >= 0.6 is 35.3 Å². The van der Waals surface area contributed by atoms with Gasteiger partial charge < -0.3 is 20.1 Å². The number of hydrogen-bond acceptors (Lipinski definition) is 4. The van der Waals surface area contributed by atoms with Crippen molar-refractivity contribution >= 4 is 41.3 Å². The molecule has 0 amide bonds. The molecular weight excluding hydrogens is 480 g/mol. The number of benzene rings is 1. The molecule has 150 valence electrons. The van der Waals surface area contributed by atoms with Crippen LogP contribution in [-0.2, 0) is 6.42 Å². The second-order valence-corrected chi connectivity index (χ2v) is 6.90. The summed E-state index contributed by atoms with van der Waals surface area (Å²) in [5, 5.41) is 15.4. The SMILES string of the molecule is CCNC(=NCC(O)COc1ccc(F)cc1)N(C)CCc1cccs1.I. The van der Waals surface area contributed by atoms with Gasteiger partial charge in [0.1, 0.15) is 24.3 Å². The number of likely N-dealkylation sites (N-methyl/N-ethyl adjacent to an activating group) is 1. The summed E-state index contributed by atoms with van der Waals surface area (Å²) in [7, 11) is 1.98. The lowest BCUT2D eigenvalue weighted by atomic mass is 10.3. The molecule has 1 aromatic heterocycles. The molecule has 27 heavy (non-hydrogen) atoms.